The van der Waals surface area contributed by atoms with E-state index in [1.54, 1.807) is 0 Å². The van der Waals surface area contributed by atoms with Gasteiger partial charge in [-0.3, -0.25) is 32.5 Å². The van der Waals surface area contributed by atoms with Crippen LogP contribution >= 0.6 is 15.6 Å². The molecule has 16 nitrogen and oxygen atoms in total. The smallest absolute Gasteiger partial charge is 0.463 e. The summed E-state index contributed by atoms with van der Waals surface area (Å²) in [5, 5.41) is 20.5. The number of phosphoric acid groups is 2. The highest BCUT2D eigenvalue weighted by molar-refractivity contribution is 7.47. The molecule has 0 aliphatic carbocycles. The molecule has 0 bridgehead atoms. The van der Waals surface area contributed by atoms with Gasteiger partial charge in [-0.15, -0.1) is 0 Å². The lowest BCUT2D eigenvalue weighted by atomic mass is 10.1. The van der Waals surface area contributed by atoms with Crippen LogP contribution in [0, 0.1) is 0 Å². The maximum Gasteiger partial charge on any atom is 0.472 e. The molecular formula is C69H122O16P2. The van der Waals surface area contributed by atoms with Crippen LogP contribution in [0.15, 0.2) is 85.1 Å². The van der Waals surface area contributed by atoms with Gasteiger partial charge in [-0.25, -0.2) is 9.13 Å². The van der Waals surface area contributed by atoms with Gasteiger partial charge in [-0.1, -0.05) is 221 Å². The summed E-state index contributed by atoms with van der Waals surface area (Å²) in [6.07, 6.45) is 66.3. The van der Waals surface area contributed by atoms with Crippen LogP contribution in [0.3, 0.4) is 0 Å². The number of aliphatic hydroxyl groups is 2. The fourth-order valence-electron chi connectivity index (χ4n) is 8.81. The zero-order valence-electron chi connectivity index (χ0n) is 54.4. The molecule has 5 atom stereocenters. The molecule has 0 aromatic rings. The lowest BCUT2D eigenvalue weighted by molar-refractivity contribution is -0.161. The molecule has 0 radical (unpaired) electrons. The Balaban J connectivity index is 4.67. The maximum absolute atomic E-state index is 12.9. The summed E-state index contributed by atoms with van der Waals surface area (Å²) < 4.78 is 60.8. The molecule has 0 rings (SSSR count). The maximum atomic E-state index is 12.9. The van der Waals surface area contributed by atoms with Gasteiger partial charge >= 0.3 is 33.6 Å². The van der Waals surface area contributed by atoms with Gasteiger partial charge in [0.05, 0.1) is 26.4 Å². The second-order valence-corrected chi connectivity index (χ2v) is 25.5. The number of unbranched alkanes of at least 4 members (excludes halogenated alkanes) is 27. The molecule has 0 aromatic carbocycles. The zero-order valence-corrected chi connectivity index (χ0v) is 56.2. The number of allylic oxidation sites excluding steroid dienone is 14. The predicted molar refractivity (Wildman–Crippen MR) is 353 cm³/mol. The highest BCUT2D eigenvalue weighted by atomic mass is 31.2. The van der Waals surface area contributed by atoms with Crippen molar-refractivity contribution >= 4 is 33.6 Å². The number of esters is 3. The highest BCUT2D eigenvalue weighted by Gasteiger charge is 2.29. The van der Waals surface area contributed by atoms with Crippen molar-refractivity contribution in [3.8, 4) is 0 Å². The Labute approximate surface area is 527 Å². The van der Waals surface area contributed by atoms with E-state index in [4.69, 9.17) is 32.3 Å². The molecule has 0 heterocycles. The van der Waals surface area contributed by atoms with Crippen LogP contribution in [0.4, 0.5) is 0 Å². The quantitative estimate of drug-likeness (QED) is 0.0146. The van der Waals surface area contributed by atoms with Crippen LogP contribution in [0.1, 0.15) is 278 Å². The van der Waals surface area contributed by atoms with Crippen molar-refractivity contribution in [3.05, 3.63) is 85.1 Å². The predicted octanol–water partition coefficient (Wildman–Crippen LogP) is 18.5. The summed E-state index contributed by atoms with van der Waals surface area (Å²) in [5.41, 5.74) is 0. The number of carbonyl (C=O) groups is 3. The largest absolute Gasteiger partial charge is 0.472 e. The average Bonchev–Trinajstić information content (AvgIpc) is 3.63. The molecule has 0 aromatic heterocycles. The first-order chi connectivity index (χ1) is 42.2. The Bertz CT molecular complexity index is 1930. The minimum Gasteiger partial charge on any atom is -0.463 e. The fourth-order valence-corrected chi connectivity index (χ4v) is 10.4. The van der Waals surface area contributed by atoms with Crippen molar-refractivity contribution < 1.29 is 75.8 Å². The van der Waals surface area contributed by atoms with Crippen molar-refractivity contribution in [2.45, 2.75) is 296 Å². The van der Waals surface area contributed by atoms with E-state index in [2.05, 4.69) is 106 Å². The van der Waals surface area contributed by atoms with Crippen LogP contribution < -0.4 is 0 Å². The Hall–Kier alpha value is -3.27. The molecule has 87 heavy (non-hydrogen) atoms. The van der Waals surface area contributed by atoms with Crippen molar-refractivity contribution in [2.75, 3.05) is 39.6 Å². The van der Waals surface area contributed by atoms with E-state index in [0.29, 0.717) is 19.3 Å². The first-order valence-corrected chi connectivity index (χ1v) is 36.9. The number of ether oxygens (including phenoxy) is 3. The van der Waals surface area contributed by atoms with Crippen molar-refractivity contribution in [1.29, 1.82) is 0 Å². The van der Waals surface area contributed by atoms with Crippen LogP contribution in [0.5, 0.6) is 0 Å². The van der Waals surface area contributed by atoms with Gasteiger partial charge in [0.2, 0.25) is 0 Å². The molecule has 504 valence electrons. The molecule has 0 amide bonds. The van der Waals surface area contributed by atoms with E-state index in [1.165, 1.54) is 70.6 Å². The van der Waals surface area contributed by atoms with Crippen LogP contribution in [0.25, 0.3) is 0 Å². The van der Waals surface area contributed by atoms with Gasteiger partial charge < -0.3 is 34.2 Å². The standard InChI is InChI=1S/C69H122O16P2/c1-4-7-10-13-16-19-22-25-27-29-31-33-35-38-40-43-46-49-52-55-67(72)79-58-64(70)59-81-86(75,76)82-60-65(71)61-83-87(77,78)84-63-66(85-69(74)57-54-51-48-45-42-37-24-21-18-15-12-9-6-3)62-80-68(73)56-53-50-47-44-41-39-36-34-32-30-28-26-23-20-17-14-11-8-5-2/h16-17,19-21,24-28,31-34,64-66,70-71H,4-15,18,22-23,29-30,35-63H2,1-3H3,(H,75,76)(H,77,78)/b19-16-,20-17-,24-21-,27-25-,28-26-,33-31-,34-32-. The number of phosphoric ester groups is 2. The Morgan fingerprint density at radius 1 is 0.322 bits per heavy atom. The average molecular weight is 1270 g/mol. The molecular weight excluding hydrogens is 1150 g/mol. The van der Waals surface area contributed by atoms with Crippen LogP contribution in [-0.2, 0) is 55.8 Å². The highest BCUT2D eigenvalue weighted by Crippen LogP contribution is 2.45. The van der Waals surface area contributed by atoms with E-state index >= 15 is 0 Å². The number of rotatable bonds is 64. The first-order valence-electron chi connectivity index (χ1n) is 33.9. The third kappa shape index (κ3) is 64.1. The third-order valence-electron chi connectivity index (χ3n) is 14.1. The van der Waals surface area contributed by atoms with E-state index < -0.39 is 91.5 Å². The number of hydrogen-bond acceptors (Lipinski definition) is 14. The molecule has 0 aliphatic heterocycles. The summed E-state index contributed by atoms with van der Waals surface area (Å²) in [4.78, 5) is 58.3. The normalized spacial score (nSPS) is 14.8. The number of aliphatic hydroxyl groups excluding tert-OH is 2. The second kappa shape index (κ2) is 62.9. The summed E-state index contributed by atoms with van der Waals surface area (Å²) in [6, 6.07) is 0. The van der Waals surface area contributed by atoms with Gasteiger partial charge in [0.15, 0.2) is 6.10 Å². The third-order valence-corrected chi connectivity index (χ3v) is 16.0. The summed E-state index contributed by atoms with van der Waals surface area (Å²) in [7, 11) is -9.78. The van der Waals surface area contributed by atoms with Crippen molar-refractivity contribution in [2.24, 2.45) is 0 Å². The van der Waals surface area contributed by atoms with Crippen molar-refractivity contribution in [3.63, 3.8) is 0 Å². The summed E-state index contributed by atoms with van der Waals surface area (Å²) in [6.45, 7) is 2.56. The van der Waals surface area contributed by atoms with E-state index in [9.17, 15) is 43.5 Å². The molecule has 0 saturated heterocycles. The van der Waals surface area contributed by atoms with Crippen LogP contribution in [0.2, 0.25) is 0 Å². The number of hydrogen-bond donors (Lipinski definition) is 4. The van der Waals surface area contributed by atoms with E-state index in [0.717, 1.165) is 148 Å². The zero-order chi connectivity index (χ0) is 63.8. The molecule has 18 heteroatoms. The van der Waals surface area contributed by atoms with E-state index in [-0.39, 0.29) is 19.3 Å². The lowest BCUT2D eigenvalue weighted by Crippen LogP contribution is -2.30. The monoisotopic (exact) mass is 1270 g/mol. The van der Waals surface area contributed by atoms with Crippen molar-refractivity contribution in [1.82, 2.24) is 0 Å². The molecule has 0 fully saturated rings. The minimum absolute atomic E-state index is 0.0913. The first kappa shape index (κ1) is 83.7. The summed E-state index contributed by atoms with van der Waals surface area (Å²) in [5.74, 6) is -1.61. The number of carbonyl (C=O) groups excluding carboxylic acids is 3. The Kier molecular flexibility index (Phi) is 60.5. The Morgan fingerprint density at radius 3 is 0.943 bits per heavy atom. The van der Waals surface area contributed by atoms with E-state index in [1.807, 2.05) is 0 Å². The Morgan fingerprint density at radius 2 is 0.575 bits per heavy atom. The molecule has 0 spiro atoms. The lowest BCUT2D eigenvalue weighted by Gasteiger charge is -2.21. The van der Waals surface area contributed by atoms with Gasteiger partial charge in [-0.2, -0.15) is 0 Å². The second-order valence-electron chi connectivity index (χ2n) is 22.6. The minimum atomic E-state index is -4.93. The molecule has 0 saturated carbocycles. The topological polar surface area (TPSA) is 231 Å². The van der Waals surface area contributed by atoms with Gasteiger partial charge in [0, 0.05) is 19.3 Å². The van der Waals surface area contributed by atoms with Crippen LogP contribution in [-0.4, -0.2) is 95.9 Å². The fraction of sp³-hybridized carbons (Fsp3) is 0.754. The molecule has 5 unspecified atom stereocenters. The van der Waals surface area contributed by atoms with Gasteiger partial charge in [0.25, 0.3) is 0 Å². The molecule has 4 N–H and O–H groups in total. The van der Waals surface area contributed by atoms with Gasteiger partial charge in [-0.05, 0) is 122 Å². The van der Waals surface area contributed by atoms with Gasteiger partial charge in [0.1, 0.15) is 25.4 Å². The summed E-state index contributed by atoms with van der Waals surface area (Å²) >= 11 is 0. The molecule has 0 aliphatic rings. The SMILES string of the molecule is CCCCC/C=C\C/C=C\C/C=C\CCCCCCCCC(=O)OCC(O)COP(=O)(O)OCC(O)COP(=O)(O)OCC(COC(=O)CCCCCCCC/C=C\C/C=C\C/C=C\CCCCC)OC(=O)CCCCCCC/C=C\CCCCCC.